The van der Waals surface area contributed by atoms with Gasteiger partial charge in [0.15, 0.2) is 0 Å². The smallest absolute Gasteiger partial charge is 0.122 e. The summed E-state index contributed by atoms with van der Waals surface area (Å²) in [6, 6.07) is 9.00. The summed E-state index contributed by atoms with van der Waals surface area (Å²) in [6.45, 7) is 1.22. The molecule has 0 bridgehead atoms. The van der Waals surface area contributed by atoms with Gasteiger partial charge in [0.2, 0.25) is 0 Å². The van der Waals surface area contributed by atoms with Crippen LogP contribution in [-0.2, 0) is 5.60 Å². The zero-order valence-corrected chi connectivity index (χ0v) is 7.83. The monoisotopic (exact) mass is 182 g/mol. The Morgan fingerprint density at radius 2 is 1.92 bits per heavy atom. The van der Waals surface area contributed by atoms with Crippen molar-refractivity contribution in [1.29, 1.82) is 0 Å². The predicted molar refractivity (Wildman–Crippen MR) is 51.2 cm³/mol. The number of alkyl halides is 1. The van der Waals surface area contributed by atoms with Crippen LogP contribution in [0.4, 0.5) is 4.39 Å². The van der Waals surface area contributed by atoms with Crippen LogP contribution in [0.15, 0.2) is 30.3 Å². The second-order valence-corrected chi connectivity index (χ2v) is 3.28. The van der Waals surface area contributed by atoms with Crippen molar-refractivity contribution >= 4 is 0 Å². The van der Waals surface area contributed by atoms with Crippen molar-refractivity contribution in [2.75, 3.05) is 6.67 Å². The topological polar surface area (TPSA) is 20.2 Å². The lowest BCUT2D eigenvalue weighted by atomic mass is 9.91. The van der Waals surface area contributed by atoms with E-state index in [0.717, 1.165) is 6.42 Å². The molecule has 13 heavy (non-hydrogen) atoms. The van der Waals surface area contributed by atoms with Gasteiger partial charge in [-0.25, -0.2) is 4.39 Å². The Bertz CT molecular complexity index is 248. The lowest BCUT2D eigenvalue weighted by Gasteiger charge is -2.24. The molecular weight excluding hydrogens is 167 g/mol. The molecule has 1 N–H and O–H groups in total. The highest BCUT2D eigenvalue weighted by Gasteiger charge is 2.27. The maximum Gasteiger partial charge on any atom is 0.122 e. The summed E-state index contributed by atoms with van der Waals surface area (Å²) in [5, 5.41) is 9.92. The van der Waals surface area contributed by atoms with E-state index in [1.165, 1.54) is 0 Å². The van der Waals surface area contributed by atoms with E-state index in [4.69, 9.17) is 0 Å². The lowest BCUT2D eigenvalue weighted by Crippen LogP contribution is -2.27. The molecule has 0 radical (unpaired) electrons. The zero-order valence-electron chi connectivity index (χ0n) is 7.83. The van der Waals surface area contributed by atoms with Gasteiger partial charge in [0, 0.05) is 0 Å². The van der Waals surface area contributed by atoms with Gasteiger partial charge in [0.05, 0.1) is 0 Å². The minimum Gasteiger partial charge on any atom is -0.382 e. The molecule has 0 heterocycles. The molecule has 72 valence electrons. The lowest BCUT2D eigenvalue weighted by molar-refractivity contribution is 0.00214. The molecule has 0 aromatic heterocycles. The van der Waals surface area contributed by atoms with Crippen molar-refractivity contribution < 1.29 is 9.50 Å². The Hall–Kier alpha value is -0.890. The molecule has 1 aromatic rings. The van der Waals surface area contributed by atoms with Crippen LogP contribution in [0.3, 0.4) is 0 Å². The minimum absolute atomic E-state index is 0.466. The molecule has 0 saturated carbocycles. The molecule has 0 aliphatic rings. The van der Waals surface area contributed by atoms with Gasteiger partial charge in [-0.15, -0.1) is 0 Å². The van der Waals surface area contributed by atoms with E-state index >= 15 is 0 Å². The predicted octanol–water partition coefficient (Wildman–Crippen LogP) is 2.64. The van der Waals surface area contributed by atoms with E-state index in [1.54, 1.807) is 12.1 Å². The Morgan fingerprint density at radius 3 is 2.38 bits per heavy atom. The Kier molecular flexibility index (Phi) is 3.43. The number of halogens is 1. The fourth-order valence-corrected chi connectivity index (χ4v) is 1.45. The molecule has 0 aliphatic heterocycles. The maximum atomic E-state index is 12.7. The summed E-state index contributed by atoms with van der Waals surface area (Å²) in [7, 11) is 0. The van der Waals surface area contributed by atoms with Crippen molar-refractivity contribution in [1.82, 2.24) is 0 Å². The largest absolute Gasteiger partial charge is 0.382 e. The average Bonchev–Trinajstić information content (AvgIpc) is 2.19. The van der Waals surface area contributed by atoms with Gasteiger partial charge >= 0.3 is 0 Å². The van der Waals surface area contributed by atoms with Crippen LogP contribution in [0, 0.1) is 0 Å². The molecule has 1 atom stereocenters. The van der Waals surface area contributed by atoms with Crippen molar-refractivity contribution in [3.05, 3.63) is 35.9 Å². The summed E-state index contributed by atoms with van der Waals surface area (Å²) in [5.41, 5.74) is -0.616. The number of hydrogen-bond acceptors (Lipinski definition) is 1. The fraction of sp³-hybridized carbons (Fsp3) is 0.455. The van der Waals surface area contributed by atoms with Crippen molar-refractivity contribution in [3.8, 4) is 0 Å². The van der Waals surface area contributed by atoms with E-state index in [-0.39, 0.29) is 0 Å². The molecular formula is C11H15FO. The highest BCUT2D eigenvalue weighted by molar-refractivity contribution is 5.22. The normalized spacial score (nSPS) is 15.3. The summed E-state index contributed by atoms with van der Waals surface area (Å²) < 4.78 is 12.7. The van der Waals surface area contributed by atoms with Crippen molar-refractivity contribution in [3.63, 3.8) is 0 Å². The van der Waals surface area contributed by atoms with Crippen LogP contribution < -0.4 is 0 Å². The first-order chi connectivity index (χ1) is 6.23. The van der Waals surface area contributed by atoms with Gasteiger partial charge in [0.25, 0.3) is 0 Å². The first kappa shape index (κ1) is 10.2. The molecule has 1 aromatic carbocycles. The number of rotatable bonds is 4. The molecule has 1 rings (SSSR count). The van der Waals surface area contributed by atoms with Crippen LogP contribution >= 0.6 is 0 Å². The first-order valence-corrected chi connectivity index (χ1v) is 4.57. The van der Waals surface area contributed by atoms with Gasteiger partial charge in [-0.1, -0.05) is 43.7 Å². The summed E-state index contributed by atoms with van der Waals surface area (Å²) in [6.07, 6.45) is 1.24. The van der Waals surface area contributed by atoms with Gasteiger partial charge in [-0.05, 0) is 12.0 Å². The SMILES string of the molecule is CCC[C@@](O)(CF)c1ccccc1. The Morgan fingerprint density at radius 1 is 1.31 bits per heavy atom. The van der Waals surface area contributed by atoms with Gasteiger partial charge in [-0.3, -0.25) is 0 Å². The quantitative estimate of drug-likeness (QED) is 0.759. The third-order valence-corrected chi connectivity index (χ3v) is 2.20. The van der Waals surface area contributed by atoms with E-state index in [0.29, 0.717) is 12.0 Å². The minimum atomic E-state index is -1.28. The van der Waals surface area contributed by atoms with Gasteiger partial charge < -0.3 is 5.11 Å². The van der Waals surface area contributed by atoms with Gasteiger partial charge in [0.1, 0.15) is 12.3 Å². The van der Waals surface area contributed by atoms with Crippen LogP contribution in [0.2, 0.25) is 0 Å². The van der Waals surface area contributed by atoms with E-state index in [1.807, 2.05) is 25.1 Å². The molecule has 0 spiro atoms. The van der Waals surface area contributed by atoms with Crippen LogP contribution in [0.25, 0.3) is 0 Å². The fourth-order valence-electron chi connectivity index (χ4n) is 1.45. The molecule has 2 heteroatoms. The Balaban J connectivity index is 2.89. The average molecular weight is 182 g/mol. The second kappa shape index (κ2) is 4.38. The zero-order chi connectivity index (χ0) is 9.73. The van der Waals surface area contributed by atoms with Crippen molar-refractivity contribution in [2.45, 2.75) is 25.4 Å². The van der Waals surface area contributed by atoms with E-state index in [2.05, 4.69) is 0 Å². The summed E-state index contributed by atoms with van der Waals surface area (Å²) in [5.74, 6) is 0. The molecule has 0 fully saturated rings. The maximum absolute atomic E-state index is 12.7. The second-order valence-electron chi connectivity index (χ2n) is 3.28. The summed E-state index contributed by atoms with van der Waals surface area (Å²) in [4.78, 5) is 0. The van der Waals surface area contributed by atoms with Crippen LogP contribution in [-0.4, -0.2) is 11.8 Å². The van der Waals surface area contributed by atoms with E-state index < -0.39 is 12.3 Å². The number of hydrogen-bond donors (Lipinski definition) is 1. The third-order valence-electron chi connectivity index (χ3n) is 2.20. The third kappa shape index (κ3) is 2.28. The summed E-state index contributed by atoms with van der Waals surface area (Å²) >= 11 is 0. The number of benzene rings is 1. The molecule has 1 nitrogen and oxygen atoms in total. The highest BCUT2D eigenvalue weighted by Crippen LogP contribution is 2.26. The standard InChI is InChI=1S/C11H15FO/c1-2-8-11(13,9-12)10-6-4-3-5-7-10/h3-7,13H,2,8-9H2,1H3/t11-/m1/s1. The molecule has 0 saturated heterocycles. The highest BCUT2D eigenvalue weighted by atomic mass is 19.1. The first-order valence-electron chi connectivity index (χ1n) is 4.57. The molecule has 0 unspecified atom stereocenters. The molecule has 0 amide bonds. The molecule has 0 aliphatic carbocycles. The van der Waals surface area contributed by atoms with Crippen LogP contribution in [0.5, 0.6) is 0 Å². The Labute approximate surface area is 78.2 Å². The number of aliphatic hydroxyl groups is 1. The van der Waals surface area contributed by atoms with Crippen LogP contribution in [0.1, 0.15) is 25.3 Å². The van der Waals surface area contributed by atoms with Crippen molar-refractivity contribution in [2.24, 2.45) is 0 Å². The van der Waals surface area contributed by atoms with Gasteiger partial charge in [-0.2, -0.15) is 0 Å². The van der Waals surface area contributed by atoms with E-state index in [9.17, 15) is 9.50 Å².